The molecule has 62 valence electrons. The van der Waals surface area contributed by atoms with E-state index in [0.717, 1.165) is 6.42 Å². The molecule has 0 aliphatic carbocycles. The zero-order chi connectivity index (χ0) is 8.43. The molecule has 1 saturated heterocycles. The van der Waals surface area contributed by atoms with E-state index in [1.807, 2.05) is 6.92 Å². The molecule has 3 heteroatoms. The fourth-order valence-corrected chi connectivity index (χ4v) is 1.46. The fourth-order valence-electron chi connectivity index (χ4n) is 1.27. The van der Waals surface area contributed by atoms with Crippen LogP contribution in [0, 0.1) is 5.92 Å². The Balaban J connectivity index is 2.47. The molecule has 0 N–H and O–H groups in total. The second kappa shape index (κ2) is 3.26. The first-order valence-corrected chi connectivity index (χ1v) is 4.01. The Morgan fingerprint density at radius 1 is 1.91 bits per heavy atom. The van der Waals surface area contributed by atoms with Crippen LogP contribution in [0.25, 0.3) is 0 Å². The average molecular weight is 175 g/mol. The number of esters is 1. The van der Waals surface area contributed by atoms with Gasteiger partial charge in [0.05, 0.1) is 12.0 Å². The number of ether oxygens (including phenoxy) is 1. The van der Waals surface area contributed by atoms with Crippen molar-refractivity contribution in [1.29, 1.82) is 0 Å². The van der Waals surface area contributed by atoms with Gasteiger partial charge in [0, 0.05) is 5.03 Å². The monoisotopic (exact) mass is 174 g/mol. The summed E-state index contributed by atoms with van der Waals surface area (Å²) in [7, 11) is 0. The summed E-state index contributed by atoms with van der Waals surface area (Å²) in [6.07, 6.45) is 1.36. The van der Waals surface area contributed by atoms with Crippen LogP contribution in [-0.4, -0.2) is 12.1 Å². The number of hydrogen-bond donors (Lipinski definition) is 0. The molecule has 0 bridgehead atoms. The lowest BCUT2D eigenvalue weighted by atomic mass is 10.0. The summed E-state index contributed by atoms with van der Waals surface area (Å²) >= 11 is 5.57. The number of allylic oxidation sites excluding steroid dienone is 1. The fraction of sp³-hybridized carbons (Fsp3) is 0.625. The minimum absolute atomic E-state index is 0.0449. The molecule has 0 saturated carbocycles. The summed E-state index contributed by atoms with van der Waals surface area (Å²) in [5.74, 6) is -0.200. The molecule has 2 atom stereocenters. The number of carbonyl (C=O) groups excluding carboxylic acids is 1. The Hall–Kier alpha value is -0.500. The van der Waals surface area contributed by atoms with E-state index in [2.05, 4.69) is 6.58 Å². The first-order valence-electron chi connectivity index (χ1n) is 3.63. The van der Waals surface area contributed by atoms with Gasteiger partial charge in [-0.15, -0.1) is 0 Å². The van der Waals surface area contributed by atoms with E-state index < -0.39 is 0 Å². The quantitative estimate of drug-likeness (QED) is 0.600. The van der Waals surface area contributed by atoms with E-state index in [1.54, 1.807) is 0 Å². The van der Waals surface area contributed by atoms with Gasteiger partial charge >= 0.3 is 5.97 Å². The molecule has 2 nitrogen and oxygen atoms in total. The molecular formula is C8H11ClO2. The second-order valence-corrected chi connectivity index (χ2v) is 3.44. The largest absolute Gasteiger partial charge is 0.462 e. The van der Waals surface area contributed by atoms with Gasteiger partial charge in [0.1, 0.15) is 0 Å². The summed E-state index contributed by atoms with van der Waals surface area (Å²) in [6.45, 7) is 5.42. The van der Waals surface area contributed by atoms with Gasteiger partial charge in [-0.25, -0.2) is 0 Å². The van der Waals surface area contributed by atoms with Crippen molar-refractivity contribution in [1.82, 2.24) is 0 Å². The first-order chi connectivity index (χ1) is 5.09. The van der Waals surface area contributed by atoms with Gasteiger partial charge in [-0.1, -0.05) is 18.2 Å². The molecule has 1 fully saturated rings. The third-order valence-corrected chi connectivity index (χ3v) is 1.89. The molecule has 0 spiro atoms. The molecule has 1 aliphatic heterocycles. The van der Waals surface area contributed by atoms with Crippen molar-refractivity contribution in [2.24, 2.45) is 5.92 Å². The van der Waals surface area contributed by atoms with E-state index in [9.17, 15) is 4.79 Å². The molecule has 1 aliphatic rings. The molecule has 1 heterocycles. The summed E-state index contributed by atoms with van der Waals surface area (Å²) in [5.41, 5.74) is 0. The normalized spacial score (nSPS) is 30.2. The van der Waals surface area contributed by atoms with Crippen LogP contribution in [0.4, 0.5) is 0 Å². The number of halogens is 1. The van der Waals surface area contributed by atoms with Crippen molar-refractivity contribution >= 4 is 17.6 Å². The minimum atomic E-state index is -0.140. The highest BCUT2D eigenvalue weighted by atomic mass is 35.5. The average Bonchev–Trinajstić information content (AvgIpc) is 2.09. The molecule has 1 rings (SSSR count). The second-order valence-electron chi connectivity index (χ2n) is 2.90. The van der Waals surface area contributed by atoms with Crippen LogP contribution in [-0.2, 0) is 9.53 Å². The molecule has 0 aromatic rings. The predicted octanol–water partition coefficient (Wildman–Crippen LogP) is 2.08. The molecule has 0 radical (unpaired) electrons. The molecule has 11 heavy (non-hydrogen) atoms. The van der Waals surface area contributed by atoms with Crippen molar-refractivity contribution < 1.29 is 9.53 Å². The van der Waals surface area contributed by atoms with Gasteiger partial charge in [0.15, 0.2) is 0 Å². The van der Waals surface area contributed by atoms with Crippen molar-refractivity contribution in [2.75, 3.05) is 0 Å². The minimum Gasteiger partial charge on any atom is -0.462 e. The highest BCUT2D eigenvalue weighted by Crippen LogP contribution is 2.27. The van der Waals surface area contributed by atoms with Crippen molar-refractivity contribution in [3.63, 3.8) is 0 Å². The van der Waals surface area contributed by atoms with Crippen LogP contribution in [0.2, 0.25) is 0 Å². The molecule has 0 aromatic heterocycles. The van der Waals surface area contributed by atoms with Gasteiger partial charge in [0.2, 0.25) is 0 Å². The molecule has 0 aromatic carbocycles. The molecular weight excluding hydrogens is 164 g/mol. The number of carbonyl (C=O) groups is 1. The summed E-state index contributed by atoms with van der Waals surface area (Å²) in [4.78, 5) is 11.0. The van der Waals surface area contributed by atoms with Crippen molar-refractivity contribution in [2.45, 2.75) is 25.9 Å². The third kappa shape index (κ3) is 2.22. The first kappa shape index (κ1) is 8.60. The summed E-state index contributed by atoms with van der Waals surface area (Å²) in [6, 6.07) is 0. The maximum atomic E-state index is 11.0. The lowest BCUT2D eigenvalue weighted by Crippen LogP contribution is -2.06. The summed E-state index contributed by atoms with van der Waals surface area (Å²) < 4.78 is 4.94. The Labute approximate surface area is 71.2 Å². The SMILES string of the molecule is C=C(Cl)CC1CC(C)OC1=O. The van der Waals surface area contributed by atoms with Crippen LogP contribution in [0.15, 0.2) is 11.6 Å². The maximum Gasteiger partial charge on any atom is 0.309 e. The van der Waals surface area contributed by atoms with Crippen LogP contribution in [0.1, 0.15) is 19.8 Å². The van der Waals surface area contributed by atoms with Gasteiger partial charge < -0.3 is 4.74 Å². The van der Waals surface area contributed by atoms with Crippen LogP contribution in [0.3, 0.4) is 0 Å². The predicted molar refractivity (Wildman–Crippen MR) is 43.3 cm³/mol. The molecule has 0 amide bonds. The Morgan fingerprint density at radius 2 is 2.55 bits per heavy atom. The van der Waals surface area contributed by atoms with E-state index >= 15 is 0 Å². The molecule has 2 unspecified atom stereocenters. The number of rotatable bonds is 2. The van der Waals surface area contributed by atoms with Gasteiger partial charge in [-0.05, 0) is 19.8 Å². The standard InChI is InChI=1S/C8H11ClO2/c1-5(9)3-7-4-6(2)11-8(7)10/h6-7H,1,3-4H2,2H3. The topological polar surface area (TPSA) is 26.3 Å². The van der Waals surface area contributed by atoms with E-state index in [4.69, 9.17) is 16.3 Å². The highest BCUT2D eigenvalue weighted by molar-refractivity contribution is 6.29. The Kier molecular flexibility index (Phi) is 2.55. The van der Waals surface area contributed by atoms with Gasteiger partial charge in [-0.2, -0.15) is 0 Å². The van der Waals surface area contributed by atoms with Gasteiger partial charge in [-0.3, -0.25) is 4.79 Å². The van der Waals surface area contributed by atoms with E-state index in [-0.39, 0.29) is 18.0 Å². The van der Waals surface area contributed by atoms with E-state index in [1.165, 1.54) is 0 Å². The highest BCUT2D eigenvalue weighted by Gasteiger charge is 2.31. The zero-order valence-corrected chi connectivity index (χ0v) is 7.23. The Morgan fingerprint density at radius 3 is 2.91 bits per heavy atom. The maximum absolute atomic E-state index is 11.0. The van der Waals surface area contributed by atoms with Crippen molar-refractivity contribution in [3.05, 3.63) is 11.6 Å². The third-order valence-electron chi connectivity index (χ3n) is 1.74. The van der Waals surface area contributed by atoms with Crippen LogP contribution < -0.4 is 0 Å². The van der Waals surface area contributed by atoms with E-state index in [0.29, 0.717) is 11.5 Å². The lowest BCUT2D eigenvalue weighted by Gasteiger charge is -2.00. The van der Waals surface area contributed by atoms with Crippen LogP contribution >= 0.6 is 11.6 Å². The number of cyclic esters (lactones) is 1. The van der Waals surface area contributed by atoms with Crippen LogP contribution in [0.5, 0.6) is 0 Å². The zero-order valence-electron chi connectivity index (χ0n) is 6.47. The van der Waals surface area contributed by atoms with Gasteiger partial charge in [0.25, 0.3) is 0 Å². The Bertz CT molecular complexity index is 189. The summed E-state index contributed by atoms with van der Waals surface area (Å²) in [5, 5.41) is 0.529. The number of hydrogen-bond acceptors (Lipinski definition) is 2. The van der Waals surface area contributed by atoms with Crippen molar-refractivity contribution in [3.8, 4) is 0 Å². The smallest absolute Gasteiger partial charge is 0.309 e. The lowest BCUT2D eigenvalue weighted by molar-refractivity contribution is -0.143.